The molecule has 1 heterocycles. The van der Waals surface area contributed by atoms with Crippen molar-refractivity contribution < 1.29 is 4.79 Å². The number of hydrogen-bond acceptors (Lipinski definition) is 3. The first-order valence-corrected chi connectivity index (χ1v) is 6.71. The van der Waals surface area contributed by atoms with Gasteiger partial charge in [-0.05, 0) is 43.7 Å². The molecule has 0 saturated heterocycles. The van der Waals surface area contributed by atoms with E-state index in [-0.39, 0.29) is 5.91 Å². The van der Waals surface area contributed by atoms with Gasteiger partial charge < -0.3 is 10.6 Å². The number of para-hydroxylation sites is 1. The Labute approximate surface area is 119 Å². The van der Waals surface area contributed by atoms with Crippen molar-refractivity contribution in [1.29, 1.82) is 0 Å². The normalized spacial score (nSPS) is 10.3. The summed E-state index contributed by atoms with van der Waals surface area (Å²) in [5.41, 5.74) is 8.03. The summed E-state index contributed by atoms with van der Waals surface area (Å²) in [6, 6.07) is 11.5. The zero-order valence-electron chi connectivity index (χ0n) is 11.6. The van der Waals surface area contributed by atoms with E-state index < -0.39 is 0 Å². The van der Waals surface area contributed by atoms with Gasteiger partial charge in [0.15, 0.2) is 0 Å². The Morgan fingerprint density at radius 2 is 2.00 bits per heavy atom. The van der Waals surface area contributed by atoms with Crippen LogP contribution in [0, 0.1) is 6.92 Å². The zero-order chi connectivity index (χ0) is 14.4. The molecule has 2 aromatic rings. The molecule has 4 heteroatoms. The van der Waals surface area contributed by atoms with E-state index in [4.69, 9.17) is 5.73 Å². The number of rotatable bonds is 5. The highest BCUT2D eigenvalue weighted by Crippen LogP contribution is 2.17. The number of carbonyl (C=O) groups excluding carboxylic acids is 1. The minimum atomic E-state index is -0.0409. The van der Waals surface area contributed by atoms with Crippen molar-refractivity contribution in [2.75, 3.05) is 18.0 Å². The first kappa shape index (κ1) is 14.2. The second-order valence-electron chi connectivity index (χ2n) is 4.69. The number of anilines is 1. The number of nitrogens with zero attached hydrogens (tertiary/aromatic N) is 2. The molecule has 1 aromatic carbocycles. The highest BCUT2D eigenvalue weighted by Gasteiger charge is 2.17. The molecule has 0 atom stereocenters. The number of carbonyl (C=O) groups is 1. The second kappa shape index (κ2) is 6.82. The summed E-state index contributed by atoms with van der Waals surface area (Å²) < 4.78 is 0. The molecular formula is C16H19N3O. The molecule has 104 valence electrons. The average Bonchev–Trinajstić information content (AvgIpc) is 2.48. The van der Waals surface area contributed by atoms with Crippen molar-refractivity contribution in [1.82, 2.24) is 4.98 Å². The van der Waals surface area contributed by atoms with E-state index in [9.17, 15) is 4.79 Å². The van der Waals surface area contributed by atoms with Crippen LogP contribution >= 0.6 is 0 Å². The molecule has 4 nitrogen and oxygen atoms in total. The Morgan fingerprint density at radius 3 is 2.65 bits per heavy atom. The summed E-state index contributed by atoms with van der Waals surface area (Å²) in [6.45, 7) is 3.09. The average molecular weight is 269 g/mol. The van der Waals surface area contributed by atoms with Gasteiger partial charge in [0.1, 0.15) is 0 Å². The Kier molecular flexibility index (Phi) is 4.85. The maximum absolute atomic E-state index is 12.6. The number of hydrogen-bond donors (Lipinski definition) is 1. The van der Waals surface area contributed by atoms with Crippen molar-refractivity contribution in [2.24, 2.45) is 5.73 Å². The molecular weight excluding hydrogens is 250 g/mol. The molecule has 0 aliphatic heterocycles. The van der Waals surface area contributed by atoms with E-state index in [0.717, 1.165) is 17.7 Å². The summed E-state index contributed by atoms with van der Waals surface area (Å²) in [6.07, 6.45) is 4.11. The zero-order valence-corrected chi connectivity index (χ0v) is 11.6. The predicted octanol–water partition coefficient (Wildman–Crippen LogP) is 2.39. The summed E-state index contributed by atoms with van der Waals surface area (Å²) in [5.74, 6) is -0.0409. The van der Waals surface area contributed by atoms with Crippen molar-refractivity contribution >= 4 is 11.6 Å². The molecule has 0 aliphatic rings. The van der Waals surface area contributed by atoms with Crippen LogP contribution in [0.1, 0.15) is 22.3 Å². The fraction of sp³-hybridized carbons (Fsp3) is 0.250. The molecule has 20 heavy (non-hydrogen) atoms. The summed E-state index contributed by atoms with van der Waals surface area (Å²) in [7, 11) is 0. The lowest BCUT2D eigenvalue weighted by molar-refractivity contribution is 0.0986. The number of pyridine rings is 1. The van der Waals surface area contributed by atoms with Gasteiger partial charge in [-0.1, -0.05) is 18.2 Å². The van der Waals surface area contributed by atoms with Gasteiger partial charge in [0.2, 0.25) is 0 Å². The van der Waals surface area contributed by atoms with Crippen LogP contribution in [0.5, 0.6) is 0 Å². The monoisotopic (exact) mass is 269 g/mol. The fourth-order valence-electron chi connectivity index (χ4n) is 2.03. The van der Waals surface area contributed by atoms with E-state index in [1.807, 2.05) is 43.3 Å². The van der Waals surface area contributed by atoms with Gasteiger partial charge in [-0.3, -0.25) is 9.78 Å². The van der Waals surface area contributed by atoms with Crippen molar-refractivity contribution in [3.63, 3.8) is 0 Å². The lowest BCUT2D eigenvalue weighted by atomic mass is 10.1. The standard InChI is InChI=1S/C16H19N3O/c1-13-10-14(12-18-11-13)16(20)19(9-5-8-17)15-6-3-2-4-7-15/h2-4,6-7,10-12H,5,8-9,17H2,1H3. The SMILES string of the molecule is Cc1cncc(C(=O)N(CCCN)c2ccccc2)c1. The number of aryl methyl sites for hydroxylation is 1. The Bertz CT molecular complexity index is 569. The van der Waals surface area contributed by atoms with E-state index in [1.54, 1.807) is 17.3 Å². The van der Waals surface area contributed by atoms with Gasteiger partial charge in [-0.2, -0.15) is 0 Å². The molecule has 2 rings (SSSR count). The fourth-order valence-corrected chi connectivity index (χ4v) is 2.03. The third-order valence-electron chi connectivity index (χ3n) is 3.02. The molecule has 0 aliphatic carbocycles. The lowest BCUT2D eigenvalue weighted by Gasteiger charge is -2.22. The highest BCUT2D eigenvalue weighted by atomic mass is 16.2. The van der Waals surface area contributed by atoms with Crippen LogP contribution in [0.4, 0.5) is 5.69 Å². The molecule has 0 unspecified atom stereocenters. The van der Waals surface area contributed by atoms with Crippen LogP contribution in [0.25, 0.3) is 0 Å². The molecule has 0 saturated carbocycles. The predicted molar refractivity (Wildman–Crippen MR) is 80.8 cm³/mol. The lowest BCUT2D eigenvalue weighted by Crippen LogP contribution is -2.33. The first-order valence-electron chi connectivity index (χ1n) is 6.71. The van der Waals surface area contributed by atoms with Crippen LogP contribution in [0.3, 0.4) is 0 Å². The Balaban J connectivity index is 2.29. The third kappa shape index (κ3) is 3.42. The van der Waals surface area contributed by atoms with E-state index >= 15 is 0 Å². The van der Waals surface area contributed by atoms with E-state index in [2.05, 4.69) is 4.98 Å². The van der Waals surface area contributed by atoms with Gasteiger partial charge >= 0.3 is 0 Å². The van der Waals surface area contributed by atoms with E-state index in [1.165, 1.54) is 0 Å². The molecule has 1 aromatic heterocycles. The van der Waals surface area contributed by atoms with Gasteiger partial charge in [-0.25, -0.2) is 0 Å². The quantitative estimate of drug-likeness (QED) is 0.906. The maximum atomic E-state index is 12.6. The minimum Gasteiger partial charge on any atom is -0.330 e. The molecule has 0 fully saturated rings. The van der Waals surface area contributed by atoms with Gasteiger partial charge in [-0.15, -0.1) is 0 Å². The smallest absolute Gasteiger partial charge is 0.259 e. The summed E-state index contributed by atoms with van der Waals surface area (Å²) in [5, 5.41) is 0. The summed E-state index contributed by atoms with van der Waals surface area (Å²) >= 11 is 0. The number of nitrogens with two attached hydrogens (primary N) is 1. The van der Waals surface area contributed by atoms with Crippen LogP contribution < -0.4 is 10.6 Å². The van der Waals surface area contributed by atoms with Crippen LogP contribution in [0.15, 0.2) is 48.8 Å². The van der Waals surface area contributed by atoms with Gasteiger partial charge in [0, 0.05) is 24.6 Å². The van der Waals surface area contributed by atoms with Crippen molar-refractivity contribution in [2.45, 2.75) is 13.3 Å². The van der Waals surface area contributed by atoms with E-state index in [0.29, 0.717) is 18.7 Å². The summed E-state index contributed by atoms with van der Waals surface area (Å²) in [4.78, 5) is 18.5. The van der Waals surface area contributed by atoms with Crippen LogP contribution in [-0.4, -0.2) is 24.0 Å². The molecule has 0 spiro atoms. The van der Waals surface area contributed by atoms with Crippen molar-refractivity contribution in [3.8, 4) is 0 Å². The minimum absolute atomic E-state index is 0.0409. The third-order valence-corrected chi connectivity index (χ3v) is 3.02. The number of aromatic nitrogens is 1. The Hall–Kier alpha value is -2.20. The topological polar surface area (TPSA) is 59.2 Å². The Morgan fingerprint density at radius 1 is 1.25 bits per heavy atom. The van der Waals surface area contributed by atoms with Gasteiger partial charge in [0.05, 0.1) is 5.56 Å². The van der Waals surface area contributed by atoms with Crippen LogP contribution in [0.2, 0.25) is 0 Å². The maximum Gasteiger partial charge on any atom is 0.259 e. The molecule has 0 bridgehead atoms. The van der Waals surface area contributed by atoms with Crippen molar-refractivity contribution in [3.05, 3.63) is 59.9 Å². The first-order chi connectivity index (χ1) is 9.72. The van der Waals surface area contributed by atoms with Gasteiger partial charge in [0.25, 0.3) is 5.91 Å². The largest absolute Gasteiger partial charge is 0.330 e. The van der Waals surface area contributed by atoms with Crippen LogP contribution in [-0.2, 0) is 0 Å². The molecule has 0 radical (unpaired) electrons. The number of amides is 1. The number of benzene rings is 1. The molecule has 1 amide bonds. The highest BCUT2D eigenvalue weighted by molar-refractivity contribution is 6.05. The molecule has 2 N–H and O–H groups in total. The second-order valence-corrected chi connectivity index (χ2v) is 4.69.